The molecule has 21 heavy (non-hydrogen) atoms. The predicted octanol–water partition coefficient (Wildman–Crippen LogP) is 1.89. The van der Waals surface area contributed by atoms with E-state index in [0.29, 0.717) is 11.7 Å². The van der Waals surface area contributed by atoms with Crippen LogP contribution >= 0.6 is 0 Å². The van der Waals surface area contributed by atoms with Gasteiger partial charge in [0.2, 0.25) is 0 Å². The second-order valence-electron chi connectivity index (χ2n) is 5.77. The van der Waals surface area contributed by atoms with E-state index in [4.69, 9.17) is 4.74 Å². The van der Waals surface area contributed by atoms with Crippen LogP contribution in [-0.4, -0.2) is 52.6 Å². The Morgan fingerprint density at radius 3 is 2.90 bits per heavy atom. The summed E-state index contributed by atoms with van der Waals surface area (Å²) < 4.78 is 6.67. The highest BCUT2D eigenvalue weighted by atomic mass is 16.5. The fraction of sp³-hybridized carbons (Fsp3) is 0.800. The lowest BCUT2D eigenvalue weighted by Crippen LogP contribution is -2.37. The number of hydrogen-bond donors (Lipinski definition) is 0. The Bertz CT molecular complexity index is 472. The molecule has 6 heteroatoms. The summed E-state index contributed by atoms with van der Waals surface area (Å²) in [6, 6.07) is 0.610. The summed E-state index contributed by atoms with van der Waals surface area (Å²) in [5.74, 6) is -0.389. The molecule has 0 aliphatic carbocycles. The molecular formula is C15H26N4O2. The molecule has 0 radical (unpaired) electrons. The van der Waals surface area contributed by atoms with Crippen molar-refractivity contribution in [3.05, 3.63) is 11.4 Å². The van der Waals surface area contributed by atoms with Gasteiger partial charge in [0.15, 0.2) is 5.69 Å². The maximum atomic E-state index is 11.7. The fourth-order valence-electron chi connectivity index (χ4n) is 3.03. The lowest BCUT2D eigenvalue weighted by Gasteiger charge is -2.32. The first-order chi connectivity index (χ1) is 10.2. The maximum absolute atomic E-state index is 11.7. The lowest BCUT2D eigenvalue weighted by molar-refractivity contribution is 0.0592. The van der Waals surface area contributed by atoms with Crippen LogP contribution in [0.5, 0.6) is 0 Å². The van der Waals surface area contributed by atoms with E-state index in [9.17, 15) is 4.79 Å². The van der Waals surface area contributed by atoms with Crippen molar-refractivity contribution in [1.29, 1.82) is 0 Å². The van der Waals surface area contributed by atoms with Crippen molar-refractivity contribution in [1.82, 2.24) is 19.9 Å². The molecule has 0 N–H and O–H groups in total. The molecule has 1 aromatic rings. The number of rotatable bonds is 6. The maximum Gasteiger partial charge on any atom is 0.360 e. The van der Waals surface area contributed by atoms with Gasteiger partial charge in [-0.1, -0.05) is 25.0 Å². The monoisotopic (exact) mass is 294 g/mol. The van der Waals surface area contributed by atoms with Crippen LogP contribution in [0.3, 0.4) is 0 Å². The van der Waals surface area contributed by atoms with Crippen molar-refractivity contribution in [2.75, 3.05) is 20.7 Å². The second kappa shape index (κ2) is 7.54. The largest absolute Gasteiger partial charge is 0.464 e. The number of methoxy groups -OCH3 is 1. The zero-order valence-electron chi connectivity index (χ0n) is 13.3. The van der Waals surface area contributed by atoms with E-state index < -0.39 is 0 Å². The number of esters is 1. The number of ether oxygens (including phenoxy) is 1. The van der Waals surface area contributed by atoms with Gasteiger partial charge in [-0.25, -0.2) is 9.48 Å². The average molecular weight is 294 g/mol. The smallest absolute Gasteiger partial charge is 0.360 e. The third kappa shape index (κ3) is 3.81. The fourth-order valence-corrected chi connectivity index (χ4v) is 3.03. The molecule has 0 amide bonds. The Kier molecular flexibility index (Phi) is 5.73. The molecule has 6 nitrogen and oxygen atoms in total. The Balaban J connectivity index is 2.05. The van der Waals surface area contributed by atoms with Crippen molar-refractivity contribution in [3.63, 3.8) is 0 Å². The van der Waals surface area contributed by atoms with E-state index >= 15 is 0 Å². The summed E-state index contributed by atoms with van der Waals surface area (Å²) in [6.45, 7) is 4.08. The molecule has 1 atom stereocenters. The van der Waals surface area contributed by atoms with Gasteiger partial charge in [0.25, 0.3) is 0 Å². The SMILES string of the molecule is CCCc1c(C(=O)OC)nnn1CCC1CCCCN1C. The van der Waals surface area contributed by atoms with Crippen LogP contribution in [-0.2, 0) is 17.7 Å². The van der Waals surface area contributed by atoms with E-state index in [0.717, 1.165) is 31.5 Å². The quantitative estimate of drug-likeness (QED) is 0.750. The van der Waals surface area contributed by atoms with Gasteiger partial charge >= 0.3 is 5.97 Å². The number of nitrogens with zero attached hydrogens (tertiary/aromatic N) is 4. The summed E-state index contributed by atoms with van der Waals surface area (Å²) in [5, 5.41) is 8.17. The minimum atomic E-state index is -0.389. The van der Waals surface area contributed by atoms with Gasteiger partial charge in [0, 0.05) is 12.6 Å². The number of carbonyl (C=O) groups excluding carboxylic acids is 1. The molecule has 2 heterocycles. The normalized spacial score (nSPS) is 19.7. The Morgan fingerprint density at radius 1 is 1.43 bits per heavy atom. The molecule has 1 aliphatic rings. The number of aryl methyl sites for hydroxylation is 1. The van der Waals surface area contributed by atoms with Gasteiger partial charge in [-0.3, -0.25) is 0 Å². The van der Waals surface area contributed by atoms with E-state index in [1.165, 1.54) is 32.9 Å². The van der Waals surface area contributed by atoms with Crippen molar-refractivity contribution in [2.24, 2.45) is 0 Å². The van der Waals surface area contributed by atoms with Gasteiger partial charge < -0.3 is 9.64 Å². The molecule has 1 saturated heterocycles. The highest BCUT2D eigenvalue weighted by Gasteiger charge is 2.22. The molecule has 2 rings (SSSR count). The van der Waals surface area contributed by atoms with E-state index in [1.807, 2.05) is 4.68 Å². The molecular weight excluding hydrogens is 268 g/mol. The first kappa shape index (κ1) is 15.9. The van der Waals surface area contributed by atoms with Crippen LogP contribution in [0, 0.1) is 0 Å². The third-order valence-corrected chi connectivity index (χ3v) is 4.30. The topological polar surface area (TPSA) is 60.2 Å². The van der Waals surface area contributed by atoms with Crippen LogP contribution in [0.15, 0.2) is 0 Å². The molecule has 0 bridgehead atoms. The summed E-state index contributed by atoms with van der Waals surface area (Å²) in [5.41, 5.74) is 1.28. The average Bonchev–Trinajstić information content (AvgIpc) is 2.89. The van der Waals surface area contributed by atoms with Crippen LogP contribution in [0.25, 0.3) is 0 Å². The van der Waals surface area contributed by atoms with Crippen LogP contribution < -0.4 is 0 Å². The van der Waals surface area contributed by atoms with Crippen LogP contribution in [0.4, 0.5) is 0 Å². The van der Waals surface area contributed by atoms with Crippen LogP contribution in [0.1, 0.15) is 55.2 Å². The van der Waals surface area contributed by atoms with Crippen molar-refractivity contribution >= 4 is 5.97 Å². The number of carbonyl (C=O) groups is 1. The molecule has 0 aromatic carbocycles. The van der Waals surface area contributed by atoms with Crippen LogP contribution in [0.2, 0.25) is 0 Å². The minimum Gasteiger partial charge on any atom is -0.464 e. The first-order valence-electron chi connectivity index (χ1n) is 7.88. The molecule has 1 aromatic heterocycles. The van der Waals surface area contributed by atoms with Gasteiger partial charge in [0.1, 0.15) is 0 Å². The number of aromatic nitrogens is 3. The highest BCUT2D eigenvalue weighted by Crippen LogP contribution is 2.19. The van der Waals surface area contributed by atoms with Crippen molar-refractivity contribution < 1.29 is 9.53 Å². The van der Waals surface area contributed by atoms with Gasteiger partial charge in [-0.15, -0.1) is 5.10 Å². The molecule has 0 saturated carbocycles. The number of hydrogen-bond acceptors (Lipinski definition) is 5. The Hall–Kier alpha value is -1.43. The Morgan fingerprint density at radius 2 is 2.24 bits per heavy atom. The Labute approximate surface area is 126 Å². The zero-order chi connectivity index (χ0) is 15.2. The summed E-state index contributed by atoms with van der Waals surface area (Å²) >= 11 is 0. The third-order valence-electron chi connectivity index (χ3n) is 4.30. The second-order valence-corrected chi connectivity index (χ2v) is 5.77. The zero-order valence-corrected chi connectivity index (χ0v) is 13.3. The van der Waals surface area contributed by atoms with Crippen molar-refractivity contribution in [2.45, 2.75) is 58.0 Å². The van der Waals surface area contributed by atoms with E-state index in [1.54, 1.807) is 0 Å². The molecule has 1 unspecified atom stereocenters. The van der Waals surface area contributed by atoms with Gasteiger partial charge in [-0.05, 0) is 39.3 Å². The van der Waals surface area contributed by atoms with Crippen molar-refractivity contribution in [3.8, 4) is 0 Å². The number of likely N-dealkylation sites (tertiary alicyclic amines) is 1. The van der Waals surface area contributed by atoms with Gasteiger partial charge in [0.05, 0.1) is 12.8 Å². The van der Waals surface area contributed by atoms with Gasteiger partial charge in [-0.2, -0.15) is 0 Å². The molecule has 118 valence electrons. The molecule has 1 fully saturated rings. The summed E-state index contributed by atoms with van der Waals surface area (Å²) in [4.78, 5) is 14.2. The molecule has 1 aliphatic heterocycles. The number of piperidine rings is 1. The first-order valence-corrected chi connectivity index (χ1v) is 7.88. The highest BCUT2D eigenvalue weighted by molar-refractivity contribution is 5.88. The predicted molar refractivity (Wildman–Crippen MR) is 80.2 cm³/mol. The minimum absolute atomic E-state index is 0.372. The standard InChI is InChI=1S/C15H26N4O2/c1-4-7-13-14(15(20)21-3)16-17-19(13)11-9-12-8-5-6-10-18(12)2/h12H,4-11H2,1-3H3. The lowest BCUT2D eigenvalue weighted by atomic mass is 10.00. The van der Waals surface area contributed by atoms with E-state index in [-0.39, 0.29) is 5.97 Å². The summed E-state index contributed by atoms with van der Waals surface area (Å²) in [7, 11) is 3.58. The summed E-state index contributed by atoms with van der Waals surface area (Å²) in [6.07, 6.45) is 6.67. The van der Waals surface area contributed by atoms with E-state index in [2.05, 4.69) is 29.2 Å². The molecule has 0 spiro atoms.